The molecule has 16 heavy (non-hydrogen) atoms. The average Bonchev–Trinajstić information content (AvgIpc) is 2.62. The zero-order chi connectivity index (χ0) is 11.5. The molecule has 0 saturated carbocycles. The van der Waals surface area contributed by atoms with Crippen LogP contribution in [0.25, 0.3) is 0 Å². The van der Waals surface area contributed by atoms with Gasteiger partial charge in [0.15, 0.2) is 0 Å². The minimum Gasteiger partial charge on any atom is -0.381 e. The summed E-state index contributed by atoms with van der Waals surface area (Å²) in [5.74, 6) is 1.86. The molecule has 2 heterocycles. The van der Waals surface area contributed by atoms with E-state index in [-0.39, 0.29) is 0 Å². The van der Waals surface area contributed by atoms with Crippen LogP contribution < -0.4 is 0 Å². The second kappa shape index (κ2) is 5.15. The molecule has 0 N–H and O–H groups in total. The van der Waals surface area contributed by atoms with Gasteiger partial charge in [-0.05, 0) is 24.4 Å². The lowest BCUT2D eigenvalue weighted by Gasteiger charge is -2.23. The highest BCUT2D eigenvalue weighted by molar-refractivity contribution is 6.28. The zero-order valence-electron chi connectivity index (χ0n) is 9.82. The van der Waals surface area contributed by atoms with Crippen LogP contribution in [0.5, 0.6) is 0 Å². The van der Waals surface area contributed by atoms with Crippen LogP contribution in [-0.4, -0.2) is 28.0 Å². The van der Waals surface area contributed by atoms with Gasteiger partial charge in [-0.25, -0.2) is 0 Å². The fraction of sp³-hybridized carbons (Fsp3) is 0.818. The number of aromatic nitrogens is 3. The molecule has 1 saturated heterocycles. The first kappa shape index (κ1) is 11.9. The first-order valence-electron chi connectivity index (χ1n) is 5.85. The van der Waals surface area contributed by atoms with E-state index in [1.54, 1.807) is 0 Å². The van der Waals surface area contributed by atoms with Crippen LogP contribution in [0, 0.1) is 5.92 Å². The van der Waals surface area contributed by atoms with Crippen LogP contribution in [-0.2, 0) is 11.3 Å². The van der Waals surface area contributed by atoms with Gasteiger partial charge in [0.1, 0.15) is 5.82 Å². The van der Waals surface area contributed by atoms with Crippen LogP contribution >= 0.6 is 11.6 Å². The highest BCUT2D eigenvalue weighted by Gasteiger charge is 2.19. The molecule has 0 amide bonds. The summed E-state index contributed by atoms with van der Waals surface area (Å²) in [4.78, 5) is 0. The van der Waals surface area contributed by atoms with Crippen molar-refractivity contribution in [1.82, 2.24) is 14.8 Å². The Labute approximate surface area is 101 Å². The summed E-state index contributed by atoms with van der Waals surface area (Å²) in [5, 5.41) is 8.56. The monoisotopic (exact) mass is 243 g/mol. The molecule has 0 spiro atoms. The van der Waals surface area contributed by atoms with E-state index in [0.29, 0.717) is 17.1 Å². The van der Waals surface area contributed by atoms with Crippen molar-refractivity contribution in [3.05, 3.63) is 11.1 Å². The van der Waals surface area contributed by atoms with Crippen LogP contribution in [0.2, 0.25) is 5.28 Å². The van der Waals surface area contributed by atoms with E-state index in [0.717, 1.165) is 32.0 Å². The summed E-state index contributed by atoms with van der Waals surface area (Å²) in [7, 11) is 0. The molecule has 1 aliphatic heterocycles. The number of nitrogens with zero attached hydrogens (tertiary/aromatic N) is 3. The van der Waals surface area contributed by atoms with Crippen molar-refractivity contribution in [2.24, 2.45) is 5.92 Å². The molecule has 0 radical (unpaired) electrons. The van der Waals surface area contributed by atoms with Gasteiger partial charge in [-0.2, -0.15) is 0 Å². The van der Waals surface area contributed by atoms with Crippen molar-refractivity contribution in [3.8, 4) is 0 Å². The van der Waals surface area contributed by atoms with Crippen molar-refractivity contribution in [2.45, 2.75) is 39.2 Å². The van der Waals surface area contributed by atoms with Gasteiger partial charge in [-0.15, -0.1) is 10.2 Å². The van der Waals surface area contributed by atoms with Gasteiger partial charge in [0.05, 0.1) is 6.61 Å². The molecule has 0 bridgehead atoms. The SMILES string of the molecule is CC(C)c1nnc(Cl)n1CC1CCCOC1. The molecule has 0 aromatic carbocycles. The molecule has 1 fully saturated rings. The van der Waals surface area contributed by atoms with Crippen LogP contribution in [0.15, 0.2) is 0 Å². The molecular weight excluding hydrogens is 226 g/mol. The van der Waals surface area contributed by atoms with Gasteiger partial charge in [0.25, 0.3) is 0 Å². The third-order valence-electron chi connectivity index (χ3n) is 2.95. The number of halogens is 1. The van der Waals surface area contributed by atoms with E-state index in [2.05, 4.69) is 24.0 Å². The Morgan fingerprint density at radius 3 is 2.94 bits per heavy atom. The second-order valence-corrected chi connectivity index (χ2v) is 5.01. The number of ether oxygens (including phenoxy) is 1. The Balaban J connectivity index is 2.09. The van der Waals surface area contributed by atoms with Crippen molar-refractivity contribution in [3.63, 3.8) is 0 Å². The van der Waals surface area contributed by atoms with E-state index < -0.39 is 0 Å². The molecule has 1 aromatic rings. The minimum absolute atomic E-state index is 0.351. The Hall–Kier alpha value is -0.610. The fourth-order valence-corrected chi connectivity index (χ4v) is 2.29. The molecule has 4 nitrogen and oxygen atoms in total. The van der Waals surface area contributed by atoms with Gasteiger partial charge in [-0.3, -0.25) is 0 Å². The van der Waals surface area contributed by atoms with E-state index in [1.807, 2.05) is 4.57 Å². The van der Waals surface area contributed by atoms with Gasteiger partial charge >= 0.3 is 0 Å². The number of rotatable bonds is 3. The second-order valence-electron chi connectivity index (χ2n) is 4.68. The van der Waals surface area contributed by atoms with Crippen LogP contribution in [0.1, 0.15) is 38.4 Å². The molecule has 90 valence electrons. The van der Waals surface area contributed by atoms with Crippen LogP contribution in [0.3, 0.4) is 0 Å². The maximum absolute atomic E-state index is 6.06. The molecule has 1 atom stereocenters. The van der Waals surface area contributed by atoms with Crippen LogP contribution in [0.4, 0.5) is 0 Å². The molecular formula is C11H18ClN3O. The zero-order valence-corrected chi connectivity index (χ0v) is 10.6. The highest BCUT2D eigenvalue weighted by Crippen LogP contribution is 2.22. The van der Waals surface area contributed by atoms with E-state index >= 15 is 0 Å². The largest absolute Gasteiger partial charge is 0.381 e. The first-order valence-corrected chi connectivity index (χ1v) is 6.22. The summed E-state index contributed by atoms with van der Waals surface area (Å²) in [6.45, 7) is 6.80. The summed E-state index contributed by atoms with van der Waals surface area (Å²) in [6.07, 6.45) is 2.34. The Morgan fingerprint density at radius 2 is 2.31 bits per heavy atom. The van der Waals surface area contributed by atoms with E-state index in [1.165, 1.54) is 6.42 Å². The number of hydrogen-bond acceptors (Lipinski definition) is 3. The third kappa shape index (κ3) is 2.55. The summed E-state index contributed by atoms with van der Waals surface area (Å²) in [6, 6.07) is 0. The predicted octanol–water partition coefficient (Wildman–Crippen LogP) is 2.48. The normalized spacial score (nSPS) is 21.6. The van der Waals surface area contributed by atoms with Crippen molar-refractivity contribution >= 4 is 11.6 Å². The summed E-state index contributed by atoms with van der Waals surface area (Å²) >= 11 is 6.06. The van der Waals surface area contributed by atoms with Crippen molar-refractivity contribution < 1.29 is 4.74 Å². The number of hydrogen-bond donors (Lipinski definition) is 0. The van der Waals surface area contributed by atoms with E-state index in [4.69, 9.17) is 16.3 Å². The Morgan fingerprint density at radius 1 is 1.50 bits per heavy atom. The first-order chi connectivity index (χ1) is 7.68. The molecule has 5 heteroatoms. The van der Waals surface area contributed by atoms with Gasteiger partial charge in [0, 0.05) is 25.0 Å². The Bertz CT molecular complexity index is 345. The van der Waals surface area contributed by atoms with Gasteiger partial charge in [-0.1, -0.05) is 13.8 Å². The topological polar surface area (TPSA) is 39.9 Å². The quantitative estimate of drug-likeness (QED) is 0.819. The molecule has 1 unspecified atom stereocenters. The maximum Gasteiger partial charge on any atom is 0.225 e. The molecule has 0 aliphatic carbocycles. The summed E-state index contributed by atoms with van der Waals surface area (Å²) in [5.41, 5.74) is 0. The van der Waals surface area contributed by atoms with Gasteiger partial charge < -0.3 is 9.30 Å². The lowest BCUT2D eigenvalue weighted by Crippen LogP contribution is -2.23. The predicted molar refractivity (Wildman–Crippen MR) is 62.7 cm³/mol. The lowest BCUT2D eigenvalue weighted by molar-refractivity contribution is 0.0480. The van der Waals surface area contributed by atoms with Gasteiger partial charge in [0.2, 0.25) is 5.28 Å². The van der Waals surface area contributed by atoms with Crippen molar-refractivity contribution in [1.29, 1.82) is 0 Å². The average molecular weight is 244 g/mol. The Kier molecular flexibility index (Phi) is 3.82. The maximum atomic E-state index is 6.06. The standard InChI is InChI=1S/C11H18ClN3O/c1-8(2)10-13-14-11(12)15(10)6-9-4-3-5-16-7-9/h8-9H,3-7H2,1-2H3. The van der Waals surface area contributed by atoms with E-state index in [9.17, 15) is 0 Å². The molecule has 1 aliphatic rings. The molecule has 2 rings (SSSR count). The fourth-order valence-electron chi connectivity index (χ4n) is 2.10. The lowest BCUT2D eigenvalue weighted by atomic mass is 10.0. The summed E-state index contributed by atoms with van der Waals surface area (Å²) < 4.78 is 7.49. The van der Waals surface area contributed by atoms with Crippen molar-refractivity contribution in [2.75, 3.05) is 13.2 Å². The smallest absolute Gasteiger partial charge is 0.225 e. The minimum atomic E-state index is 0.351. The molecule has 1 aromatic heterocycles. The highest BCUT2D eigenvalue weighted by atomic mass is 35.5. The third-order valence-corrected chi connectivity index (χ3v) is 3.23.